The Morgan fingerprint density at radius 3 is 2.54 bits per heavy atom. The maximum absolute atomic E-state index is 13.9. The lowest BCUT2D eigenvalue weighted by Crippen LogP contribution is -2.57. The first kappa shape index (κ1) is 24.3. The molecule has 5 rings (SSSR count). The second kappa shape index (κ2) is 9.54. The van der Waals surface area contributed by atoms with Gasteiger partial charge in [0.15, 0.2) is 0 Å². The molecule has 8 nitrogen and oxygen atoms in total. The Balaban J connectivity index is 1.48. The maximum atomic E-state index is 13.9. The minimum Gasteiger partial charge on any atom is -0.396 e. The lowest BCUT2D eigenvalue weighted by Gasteiger charge is -2.35. The molecule has 2 bridgehead atoms. The number of hydrogen-bond donors (Lipinski definition) is 3. The van der Waals surface area contributed by atoms with E-state index in [9.17, 15) is 19.5 Å². The summed E-state index contributed by atoms with van der Waals surface area (Å²) >= 11 is 0. The smallest absolute Gasteiger partial charge is 0.246 e. The summed E-state index contributed by atoms with van der Waals surface area (Å²) in [6.45, 7) is 2.19. The summed E-state index contributed by atoms with van der Waals surface area (Å²) in [7, 11) is 0. The Labute approximate surface area is 206 Å². The number of ether oxygens (including phenoxy) is 1. The van der Waals surface area contributed by atoms with Gasteiger partial charge in [-0.15, -0.1) is 0 Å². The zero-order valence-electron chi connectivity index (χ0n) is 20.5. The molecule has 3 aliphatic heterocycles. The summed E-state index contributed by atoms with van der Waals surface area (Å²) in [5, 5.41) is 15.7. The molecule has 1 spiro atoms. The first-order valence-corrected chi connectivity index (χ1v) is 13.2. The third kappa shape index (κ3) is 3.95. The highest BCUT2D eigenvalue weighted by Gasteiger charge is 2.78. The summed E-state index contributed by atoms with van der Waals surface area (Å²) in [6, 6.07) is 8.57. The van der Waals surface area contributed by atoms with Crippen LogP contribution >= 0.6 is 0 Å². The van der Waals surface area contributed by atoms with Gasteiger partial charge in [0, 0.05) is 24.9 Å². The minimum absolute atomic E-state index is 0.0733. The van der Waals surface area contributed by atoms with Crippen LogP contribution in [0.2, 0.25) is 0 Å². The molecule has 5 atom stereocenters. The molecule has 0 radical (unpaired) electrons. The fourth-order valence-electron chi connectivity index (χ4n) is 7.17. The number of carbonyl (C=O) groups is 3. The third-order valence-corrected chi connectivity index (χ3v) is 8.76. The number of benzene rings is 1. The van der Waals surface area contributed by atoms with Crippen LogP contribution in [0, 0.1) is 11.8 Å². The normalized spacial score (nSPS) is 34.2. The highest BCUT2D eigenvalue weighted by Crippen LogP contribution is 2.64. The number of nitrogens with zero attached hydrogens (tertiary/aromatic N) is 1. The van der Waals surface area contributed by atoms with Gasteiger partial charge in [-0.3, -0.25) is 14.4 Å². The number of fused-ring (bicyclic) bond motifs is 1. The molecule has 3 saturated heterocycles. The van der Waals surface area contributed by atoms with Crippen molar-refractivity contribution in [1.82, 2.24) is 10.2 Å². The highest BCUT2D eigenvalue weighted by atomic mass is 16.5. The van der Waals surface area contributed by atoms with E-state index in [4.69, 9.17) is 4.74 Å². The van der Waals surface area contributed by atoms with E-state index in [1.807, 2.05) is 37.3 Å². The summed E-state index contributed by atoms with van der Waals surface area (Å²) in [6.07, 6.45) is 7.44. The Hall–Kier alpha value is -2.45. The SMILES string of the molecule is CC[C@]12CCC3(O1)C(C(=O)NC1CCCCC1)N(CCCO)C(=O)[C@@H]3[C@H]2C(=O)Nc1ccccc1. The van der Waals surface area contributed by atoms with Crippen molar-refractivity contribution >= 4 is 23.4 Å². The number of carbonyl (C=O) groups excluding carboxylic acids is 3. The van der Waals surface area contributed by atoms with E-state index in [-0.39, 0.29) is 36.9 Å². The molecule has 1 saturated carbocycles. The molecule has 35 heavy (non-hydrogen) atoms. The van der Waals surface area contributed by atoms with Crippen molar-refractivity contribution in [3.8, 4) is 0 Å². The topological polar surface area (TPSA) is 108 Å². The van der Waals surface area contributed by atoms with Crippen LogP contribution in [0.15, 0.2) is 30.3 Å². The van der Waals surface area contributed by atoms with Crippen molar-refractivity contribution in [2.24, 2.45) is 11.8 Å². The summed E-state index contributed by atoms with van der Waals surface area (Å²) in [4.78, 5) is 42.9. The van der Waals surface area contributed by atoms with Crippen LogP contribution in [-0.4, -0.2) is 64.2 Å². The van der Waals surface area contributed by atoms with Crippen LogP contribution in [0.3, 0.4) is 0 Å². The van der Waals surface area contributed by atoms with Gasteiger partial charge in [0.1, 0.15) is 11.6 Å². The lowest BCUT2D eigenvalue weighted by atomic mass is 9.65. The number of nitrogens with one attached hydrogen (secondary N) is 2. The average Bonchev–Trinajstić information content (AvgIpc) is 3.47. The molecule has 0 aromatic heterocycles. The fraction of sp³-hybridized carbons (Fsp3) is 0.667. The molecule has 1 aromatic carbocycles. The van der Waals surface area contributed by atoms with Crippen LogP contribution in [0.5, 0.6) is 0 Å². The number of likely N-dealkylation sites (tertiary alicyclic amines) is 1. The van der Waals surface area contributed by atoms with E-state index in [0.29, 0.717) is 31.4 Å². The van der Waals surface area contributed by atoms with E-state index < -0.39 is 29.1 Å². The van der Waals surface area contributed by atoms with E-state index in [1.54, 1.807) is 4.90 Å². The van der Waals surface area contributed by atoms with Gasteiger partial charge in [-0.05, 0) is 50.7 Å². The number of aliphatic hydroxyl groups is 1. The quantitative estimate of drug-likeness (QED) is 0.527. The molecule has 3 N–H and O–H groups in total. The van der Waals surface area contributed by atoms with Crippen LogP contribution in [0.25, 0.3) is 0 Å². The Morgan fingerprint density at radius 1 is 1.11 bits per heavy atom. The molecule has 2 unspecified atom stereocenters. The Bertz CT molecular complexity index is 965. The van der Waals surface area contributed by atoms with E-state index >= 15 is 0 Å². The van der Waals surface area contributed by atoms with Gasteiger partial charge in [-0.1, -0.05) is 44.4 Å². The van der Waals surface area contributed by atoms with Gasteiger partial charge >= 0.3 is 0 Å². The molecule has 1 aromatic rings. The average molecular weight is 484 g/mol. The molecule has 3 amide bonds. The van der Waals surface area contributed by atoms with Crippen LogP contribution in [-0.2, 0) is 19.1 Å². The lowest BCUT2D eigenvalue weighted by molar-refractivity contribution is -0.147. The number of aliphatic hydroxyl groups excluding tert-OH is 1. The van der Waals surface area contributed by atoms with Gasteiger partial charge < -0.3 is 25.4 Å². The second-order valence-electron chi connectivity index (χ2n) is 10.6. The molecule has 1 aliphatic carbocycles. The number of rotatable bonds is 8. The van der Waals surface area contributed by atoms with Crippen molar-refractivity contribution in [2.75, 3.05) is 18.5 Å². The monoisotopic (exact) mass is 483 g/mol. The first-order chi connectivity index (χ1) is 17.0. The molecular formula is C27H37N3O5. The highest BCUT2D eigenvalue weighted by molar-refractivity contribution is 6.02. The molecule has 190 valence electrons. The van der Waals surface area contributed by atoms with Gasteiger partial charge in [0.25, 0.3) is 0 Å². The van der Waals surface area contributed by atoms with E-state index in [2.05, 4.69) is 10.6 Å². The van der Waals surface area contributed by atoms with E-state index in [0.717, 1.165) is 25.7 Å². The van der Waals surface area contributed by atoms with Crippen LogP contribution < -0.4 is 10.6 Å². The standard InChI is InChI=1S/C27H37N3O5/c1-2-26-14-15-27(35-26)21(20(26)23(32)28-18-10-5-3-6-11-18)25(34)30(16-9-17-31)22(27)24(33)29-19-12-7-4-8-13-19/h3,5-6,10-11,19-22,31H,2,4,7-9,12-17H2,1H3,(H,28,32)(H,29,33)/t20-,21-,22?,26+,27?/m0/s1. The van der Waals surface area contributed by atoms with Crippen LogP contribution in [0.4, 0.5) is 5.69 Å². The van der Waals surface area contributed by atoms with Crippen molar-refractivity contribution in [3.63, 3.8) is 0 Å². The molecule has 3 heterocycles. The summed E-state index contributed by atoms with van der Waals surface area (Å²) < 4.78 is 6.75. The van der Waals surface area contributed by atoms with Crippen molar-refractivity contribution < 1.29 is 24.2 Å². The Morgan fingerprint density at radius 2 is 1.86 bits per heavy atom. The molecule has 4 aliphatic rings. The predicted molar refractivity (Wildman–Crippen MR) is 130 cm³/mol. The van der Waals surface area contributed by atoms with E-state index in [1.165, 1.54) is 6.42 Å². The zero-order chi connectivity index (χ0) is 24.6. The maximum Gasteiger partial charge on any atom is 0.246 e. The van der Waals surface area contributed by atoms with Gasteiger partial charge in [0.2, 0.25) is 17.7 Å². The minimum atomic E-state index is -1.01. The number of hydrogen-bond acceptors (Lipinski definition) is 5. The number of amides is 3. The first-order valence-electron chi connectivity index (χ1n) is 13.2. The predicted octanol–water partition coefficient (Wildman–Crippen LogP) is 2.61. The zero-order valence-corrected chi connectivity index (χ0v) is 20.5. The second-order valence-corrected chi connectivity index (χ2v) is 10.6. The van der Waals surface area contributed by atoms with Crippen molar-refractivity contribution in [1.29, 1.82) is 0 Å². The largest absolute Gasteiger partial charge is 0.396 e. The number of para-hydroxylation sites is 1. The Kier molecular flexibility index (Phi) is 6.61. The van der Waals surface area contributed by atoms with Crippen LogP contribution in [0.1, 0.15) is 64.7 Å². The van der Waals surface area contributed by atoms with Gasteiger partial charge in [-0.25, -0.2) is 0 Å². The van der Waals surface area contributed by atoms with Crippen molar-refractivity contribution in [2.45, 2.75) is 88.0 Å². The third-order valence-electron chi connectivity index (χ3n) is 8.76. The molecular weight excluding hydrogens is 446 g/mol. The van der Waals surface area contributed by atoms with Crippen molar-refractivity contribution in [3.05, 3.63) is 30.3 Å². The number of anilines is 1. The summed E-state index contributed by atoms with van der Waals surface area (Å²) in [5.74, 6) is -1.99. The van der Waals surface area contributed by atoms with Gasteiger partial charge in [-0.2, -0.15) is 0 Å². The van der Waals surface area contributed by atoms with Gasteiger partial charge in [0.05, 0.1) is 17.4 Å². The molecule has 4 fully saturated rings. The fourth-order valence-corrected chi connectivity index (χ4v) is 7.17. The molecule has 8 heteroatoms. The summed E-state index contributed by atoms with van der Waals surface area (Å²) in [5.41, 5.74) is -1.10.